The minimum Gasteiger partial charge on any atom is -0.361 e. The molecule has 3 nitrogen and oxygen atoms in total. The van der Waals surface area contributed by atoms with Gasteiger partial charge in [0.15, 0.2) is 0 Å². The minimum absolute atomic E-state index is 0.260. The van der Waals surface area contributed by atoms with Crippen LogP contribution >= 0.6 is 73.9 Å². The second-order valence-corrected chi connectivity index (χ2v) is 8.77. The van der Waals surface area contributed by atoms with Gasteiger partial charge in [-0.25, -0.2) is 0 Å². The molecule has 128 valence electrons. The topological polar surface area (TPSA) is 41.1 Å². The molecule has 1 amide bonds. The van der Waals surface area contributed by atoms with E-state index in [0.29, 0.717) is 16.3 Å². The van der Waals surface area contributed by atoms with Gasteiger partial charge in [-0.05, 0) is 36.4 Å². The molecule has 0 saturated heterocycles. The lowest BCUT2D eigenvalue weighted by atomic mass is 10.2. The third-order valence-corrected chi connectivity index (χ3v) is 4.96. The van der Waals surface area contributed by atoms with E-state index in [9.17, 15) is 4.79 Å². The SMILES string of the molecule is O=C(NC(Nc1cccc(Cl)c1Cl)C(Cl)(Cl)Cl)c1ccc(Br)cc1. The lowest BCUT2D eigenvalue weighted by molar-refractivity contribution is 0.0942. The number of halogens is 6. The van der Waals surface area contributed by atoms with Crippen LogP contribution in [-0.2, 0) is 0 Å². The molecule has 0 fully saturated rings. The van der Waals surface area contributed by atoms with Crippen LogP contribution in [0.5, 0.6) is 0 Å². The number of amides is 1. The molecular formula is C15H10BrCl5N2O. The zero-order chi connectivity index (χ0) is 17.9. The van der Waals surface area contributed by atoms with Crippen molar-refractivity contribution in [2.75, 3.05) is 5.32 Å². The van der Waals surface area contributed by atoms with Crippen LogP contribution in [0.4, 0.5) is 5.69 Å². The van der Waals surface area contributed by atoms with E-state index in [1.54, 1.807) is 42.5 Å². The first-order valence-corrected chi connectivity index (χ1v) is 9.20. The first-order valence-electron chi connectivity index (χ1n) is 6.52. The summed E-state index contributed by atoms with van der Waals surface area (Å²) >= 11 is 33.3. The van der Waals surface area contributed by atoms with Crippen molar-refractivity contribution in [2.24, 2.45) is 0 Å². The van der Waals surface area contributed by atoms with Crippen LogP contribution in [-0.4, -0.2) is 15.9 Å². The van der Waals surface area contributed by atoms with Crippen LogP contribution in [0.1, 0.15) is 10.4 Å². The van der Waals surface area contributed by atoms with Crippen molar-refractivity contribution in [3.63, 3.8) is 0 Å². The monoisotopic (exact) mass is 488 g/mol. The van der Waals surface area contributed by atoms with Crippen molar-refractivity contribution in [2.45, 2.75) is 9.96 Å². The third kappa shape index (κ3) is 5.32. The maximum absolute atomic E-state index is 12.4. The molecule has 2 aromatic carbocycles. The van der Waals surface area contributed by atoms with E-state index in [-0.39, 0.29) is 5.02 Å². The fraction of sp³-hybridized carbons (Fsp3) is 0.133. The lowest BCUT2D eigenvalue weighted by Gasteiger charge is -2.28. The highest BCUT2D eigenvalue weighted by atomic mass is 79.9. The van der Waals surface area contributed by atoms with Crippen LogP contribution in [0.25, 0.3) is 0 Å². The summed E-state index contributed by atoms with van der Waals surface area (Å²) in [5, 5.41) is 6.11. The van der Waals surface area contributed by atoms with Gasteiger partial charge in [0.1, 0.15) is 6.17 Å². The number of rotatable bonds is 4. The first kappa shape index (κ1) is 20.0. The fourth-order valence-corrected chi connectivity index (χ4v) is 2.73. The van der Waals surface area contributed by atoms with Gasteiger partial charge in [0, 0.05) is 10.0 Å². The van der Waals surface area contributed by atoms with Gasteiger partial charge in [-0.2, -0.15) is 0 Å². The molecule has 24 heavy (non-hydrogen) atoms. The molecule has 0 spiro atoms. The van der Waals surface area contributed by atoms with Gasteiger partial charge in [0.05, 0.1) is 15.7 Å². The Morgan fingerprint density at radius 3 is 2.25 bits per heavy atom. The fourth-order valence-electron chi connectivity index (χ4n) is 1.79. The number of hydrogen-bond donors (Lipinski definition) is 2. The normalized spacial score (nSPS) is 12.6. The van der Waals surface area contributed by atoms with Crippen molar-refractivity contribution in [3.05, 3.63) is 62.5 Å². The molecule has 1 atom stereocenters. The average Bonchev–Trinajstić information content (AvgIpc) is 2.50. The lowest BCUT2D eigenvalue weighted by Crippen LogP contribution is -2.49. The highest BCUT2D eigenvalue weighted by Gasteiger charge is 2.34. The number of nitrogens with one attached hydrogen (secondary N) is 2. The Hall–Kier alpha value is -0.360. The molecule has 0 radical (unpaired) electrons. The van der Waals surface area contributed by atoms with Crippen molar-refractivity contribution >= 4 is 85.5 Å². The number of carbonyl (C=O) groups is 1. The van der Waals surface area contributed by atoms with Gasteiger partial charge >= 0.3 is 0 Å². The second-order valence-electron chi connectivity index (χ2n) is 4.70. The molecule has 0 heterocycles. The van der Waals surface area contributed by atoms with Crippen LogP contribution in [0.15, 0.2) is 46.9 Å². The van der Waals surface area contributed by atoms with E-state index in [1.807, 2.05) is 0 Å². The summed E-state index contributed by atoms with van der Waals surface area (Å²) in [6.07, 6.45) is -1.03. The molecule has 0 aliphatic carbocycles. The van der Waals surface area contributed by atoms with Crippen LogP contribution in [0, 0.1) is 0 Å². The zero-order valence-electron chi connectivity index (χ0n) is 11.8. The number of alkyl halides is 3. The molecule has 0 saturated carbocycles. The van der Waals surface area contributed by atoms with Crippen LogP contribution in [0.2, 0.25) is 10.0 Å². The maximum Gasteiger partial charge on any atom is 0.252 e. The smallest absolute Gasteiger partial charge is 0.252 e. The first-order chi connectivity index (χ1) is 11.2. The Kier molecular flexibility index (Phi) is 6.94. The molecule has 0 aromatic heterocycles. The molecule has 0 bridgehead atoms. The zero-order valence-corrected chi connectivity index (χ0v) is 17.2. The Bertz CT molecular complexity index is 734. The summed E-state index contributed by atoms with van der Waals surface area (Å²) < 4.78 is -0.975. The van der Waals surface area contributed by atoms with Crippen molar-refractivity contribution in [1.82, 2.24) is 5.32 Å². The maximum atomic E-state index is 12.4. The van der Waals surface area contributed by atoms with Crippen LogP contribution in [0.3, 0.4) is 0 Å². The summed E-state index contributed by atoms with van der Waals surface area (Å²) in [7, 11) is 0. The molecule has 0 aliphatic rings. The summed E-state index contributed by atoms with van der Waals surface area (Å²) in [4.78, 5) is 12.4. The highest BCUT2D eigenvalue weighted by Crippen LogP contribution is 2.35. The van der Waals surface area contributed by atoms with E-state index in [0.717, 1.165) is 4.47 Å². The van der Waals surface area contributed by atoms with Gasteiger partial charge in [-0.15, -0.1) is 0 Å². The van der Waals surface area contributed by atoms with E-state index < -0.39 is 15.9 Å². The van der Waals surface area contributed by atoms with Gasteiger partial charge in [0.2, 0.25) is 3.79 Å². The van der Waals surface area contributed by atoms with E-state index in [1.165, 1.54) is 0 Å². The highest BCUT2D eigenvalue weighted by molar-refractivity contribution is 9.10. The van der Waals surface area contributed by atoms with E-state index in [4.69, 9.17) is 58.0 Å². The summed E-state index contributed by atoms with van der Waals surface area (Å²) in [6, 6.07) is 11.7. The molecular weight excluding hydrogens is 481 g/mol. The Morgan fingerprint density at radius 1 is 1.04 bits per heavy atom. The molecule has 2 aromatic rings. The Morgan fingerprint density at radius 2 is 1.67 bits per heavy atom. The minimum atomic E-state index is -1.82. The van der Waals surface area contributed by atoms with Gasteiger partial charge in [-0.1, -0.05) is 80.0 Å². The van der Waals surface area contributed by atoms with Crippen molar-refractivity contribution in [1.29, 1.82) is 0 Å². The predicted molar refractivity (Wildman–Crippen MR) is 106 cm³/mol. The van der Waals surface area contributed by atoms with Gasteiger partial charge in [-0.3, -0.25) is 4.79 Å². The quantitative estimate of drug-likeness (QED) is 0.390. The number of anilines is 1. The molecule has 2 N–H and O–H groups in total. The van der Waals surface area contributed by atoms with Crippen molar-refractivity contribution < 1.29 is 4.79 Å². The average molecular weight is 491 g/mol. The number of hydrogen-bond acceptors (Lipinski definition) is 2. The summed E-state index contributed by atoms with van der Waals surface area (Å²) in [6.45, 7) is 0. The Labute approximate surface area is 172 Å². The number of benzene rings is 2. The second kappa shape index (κ2) is 8.35. The summed E-state index contributed by atoms with van der Waals surface area (Å²) in [5.74, 6) is -0.413. The molecule has 0 aliphatic heterocycles. The largest absolute Gasteiger partial charge is 0.361 e. The third-order valence-electron chi connectivity index (χ3n) is 2.96. The van der Waals surface area contributed by atoms with E-state index >= 15 is 0 Å². The van der Waals surface area contributed by atoms with Gasteiger partial charge < -0.3 is 10.6 Å². The molecule has 9 heteroatoms. The summed E-state index contributed by atoms with van der Waals surface area (Å²) in [5.41, 5.74) is 0.841. The van der Waals surface area contributed by atoms with E-state index in [2.05, 4.69) is 26.6 Å². The standard InChI is InChI=1S/C15H10BrCl5N2O/c16-9-6-4-8(5-7-9)13(24)23-14(15(19,20)21)22-11-3-1-2-10(17)12(11)18/h1-7,14,22H,(H,23,24). The van der Waals surface area contributed by atoms with Crippen LogP contribution < -0.4 is 10.6 Å². The molecule has 2 rings (SSSR count). The Balaban J connectivity index is 2.21. The number of carbonyl (C=O) groups excluding carboxylic acids is 1. The van der Waals surface area contributed by atoms with Crippen molar-refractivity contribution in [3.8, 4) is 0 Å². The predicted octanol–water partition coefficient (Wildman–Crippen LogP) is 6.29. The van der Waals surface area contributed by atoms with Gasteiger partial charge in [0.25, 0.3) is 5.91 Å². The molecule has 1 unspecified atom stereocenters.